The molecule has 0 radical (unpaired) electrons. The average Bonchev–Trinajstić information content (AvgIpc) is 3.62. The second kappa shape index (κ2) is 13.2. The van der Waals surface area contributed by atoms with Crippen LogP contribution in [0.3, 0.4) is 0 Å². The molecule has 4 N–H and O–H groups in total. The third-order valence-corrected chi connectivity index (χ3v) is 10.3. The second-order valence-electron chi connectivity index (χ2n) is 13.7. The molecule has 0 fully saturated rings. The van der Waals surface area contributed by atoms with Crippen molar-refractivity contribution in [2.75, 3.05) is 21.3 Å². The van der Waals surface area contributed by atoms with E-state index in [-0.39, 0.29) is 55.9 Å². The summed E-state index contributed by atoms with van der Waals surface area (Å²) in [5.74, 6) is -5.13. The number of benzene rings is 7. The molecule has 11 heteroatoms. The Bertz CT molecular complexity index is 2880. The highest BCUT2D eigenvalue weighted by Crippen LogP contribution is 2.38. The van der Waals surface area contributed by atoms with Gasteiger partial charge in [0.05, 0.1) is 33.6 Å². The number of nitrogens with zero attached hydrogens (tertiary/aromatic N) is 2. The van der Waals surface area contributed by atoms with E-state index < -0.39 is 41.1 Å². The minimum absolute atomic E-state index is 0.0746. The SMILES string of the molecule is Nc1ccc(-c2ccc3c(c2)C(=O)N(c2ccc(-c4cc(F)c(-c5ccc(N6C(=O)c7ccc(-c8ccc(N)cc8)cc7C6=O)cc5F)cc4F)cc2)C3=O)cc1. The summed E-state index contributed by atoms with van der Waals surface area (Å²) >= 11 is 0. The van der Waals surface area contributed by atoms with E-state index >= 15 is 13.2 Å². The van der Waals surface area contributed by atoms with Gasteiger partial charge in [0, 0.05) is 28.1 Å². The molecule has 7 aromatic rings. The minimum atomic E-state index is -0.983. The van der Waals surface area contributed by atoms with Crippen LogP contribution in [0.1, 0.15) is 41.4 Å². The highest BCUT2D eigenvalue weighted by molar-refractivity contribution is 6.35. The van der Waals surface area contributed by atoms with Gasteiger partial charge in [-0.2, -0.15) is 0 Å². The van der Waals surface area contributed by atoms with Crippen LogP contribution in [-0.4, -0.2) is 23.6 Å². The first-order valence-corrected chi connectivity index (χ1v) is 17.6. The van der Waals surface area contributed by atoms with E-state index in [0.29, 0.717) is 16.9 Å². The predicted octanol–water partition coefficient (Wildman–Crippen LogP) is 9.54. The van der Waals surface area contributed by atoms with Crippen molar-refractivity contribution >= 4 is 46.4 Å². The van der Waals surface area contributed by atoms with Gasteiger partial charge in [0.1, 0.15) is 17.5 Å². The standard InChI is InChI=1S/C46H27F3N4O4/c47-40-21-32(53-44(55)35-17-8-28(20-39(35)46(53)57)25-3-11-30(51)12-4-25)15-18-33(40)37-23-41(48)36(22-42(37)49)26-5-13-31(14-6-26)52-43(54)34-16-7-27(19-38(34)45(52)56)24-1-9-29(50)10-2-24/h1-23H,50-51H2. The van der Waals surface area contributed by atoms with Crippen molar-refractivity contribution in [3.63, 3.8) is 0 Å². The predicted molar refractivity (Wildman–Crippen MR) is 212 cm³/mol. The number of anilines is 4. The molecular formula is C46H27F3N4O4. The fourth-order valence-corrected chi connectivity index (χ4v) is 7.29. The lowest BCUT2D eigenvalue weighted by Crippen LogP contribution is -2.29. The van der Waals surface area contributed by atoms with Gasteiger partial charge in [-0.1, -0.05) is 48.5 Å². The molecule has 0 saturated heterocycles. The van der Waals surface area contributed by atoms with E-state index in [1.165, 1.54) is 42.5 Å². The zero-order valence-electron chi connectivity index (χ0n) is 29.6. The fraction of sp³-hybridized carbons (Fsp3) is 0. The Morgan fingerprint density at radius 2 is 0.684 bits per heavy atom. The van der Waals surface area contributed by atoms with Gasteiger partial charge < -0.3 is 11.5 Å². The highest BCUT2D eigenvalue weighted by atomic mass is 19.1. The second-order valence-corrected chi connectivity index (χ2v) is 13.7. The molecule has 0 atom stereocenters. The van der Waals surface area contributed by atoms with Crippen molar-refractivity contribution in [3.8, 4) is 44.5 Å². The van der Waals surface area contributed by atoms with Gasteiger partial charge in [-0.15, -0.1) is 0 Å². The molecule has 57 heavy (non-hydrogen) atoms. The normalized spacial score (nSPS) is 13.4. The molecule has 0 aliphatic carbocycles. The smallest absolute Gasteiger partial charge is 0.266 e. The summed E-state index contributed by atoms with van der Waals surface area (Å²) in [4.78, 5) is 55.4. The Morgan fingerprint density at radius 1 is 0.316 bits per heavy atom. The van der Waals surface area contributed by atoms with Crippen molar-refractivity contribution in [3.05, 3.63) is 179 Å². The van der Waals surface area contributed by atoms with Crippen molar-refractivity contribution in [2.45, 2.75) is 0 Å². The minimum Gasteiger partial charge on any atom is -0.399 e. The van der Waals surface area contributed by atoms with E-state index in [4.69, 9.17) is 11.5 Å². The highest BCUT2D eigenvalue weighted by Gasteiger charge is 2.38. The third kappa shape index (κ3) is 5.80. The van der Waals surface area contributed by atoms with E-state index in [1.54, 1.807) is 66.7 Å². The summed E-state index contributed by atoms with van der Waals surface area (Å²) in [5, 5.41) is 0. The maximum Gasteiger partial charge on any atom is 0.266 e. The first-order chi connectivity index (χ1) is 27.5. The fourth-order valence-electron chi connectivity index (χ4n) is 7.29. The van der Waals surface area contributed by atoms with E-state index in [9.17, 15) is 19.2 Å². The van der Waals surface area contributed by atoms with Crippen molar-refractivity contribution in [1.82, 2.24) is 0 Å². The van der Waals surface area contributed by atoms with Crippen molar-refractivity contribution in [2.24, 2.45) is 0 Å². The van der Waals surface area contributed by atoms with Gasteiger partial charge in [0.2, 0.25) is 0 Å². The summed E-state index contributed by atoms with van der Waals surface area (Å²) in [5.41, 5.74) is 16.1. The lowest BCUT2D eigenvalue weighted by molar-refractivity contribution is 0.0910. The Hall–Kier alpha value is -7.79. The molecule has 2 aliphatic rings. The zero-order valence-corrected chi connectivity index (χ0v) is 29.6. The number of carbonyl (C=O) groups is 4. The number of hydrogen-bond acceptors (Lipinski definition) is 6. The number of halogens is 3. The Balaban J connectivity index is 0.947. The van der Waals surface area contributed by atoms with Gasteiger partial charge in [-0.3, -0.25) is 19.2 Å². The Kier molecular flexibility index (Phi) is 8.09. The Labute approximate surface area is 323 Å². The number of hydrogen-bond donors (Lipinski definition) is 2. The molecule has 0 spiro atoms. The van der Waals surface area contributed by atoms with Crippen LogP contribution >= 0.6 is 0 Å². The van der Waals surface area contributed by atoms with Crippen LogP contribution in [0.15, 0.2) is 140 Å². The molecule has 7 aromatic carbocycles. The number of imide groups is 2. The van der Waals surface area contributed by atoms with Crippen LogP contribution in [0.5, 0.6) is 0 Å². The third-order valence-electron chi connectivity index (χ3n) is 10.3. The lowest BCUT2D eigenvalue weighted by atomic mass is 9.98. The molecule has 2 aliphatic heterocycles. The number of amides is 4. The maximum atomic E-state index is 15.7. The van der Waals surface area contributed by atoms with Crippen LogP contribution in [-0.2, 0) is 0 Å². The van der Waals surface area contributed by atoms with Crippen LogP contribution in [0.4, 0.5) is 35.9 Å². The molecule has 0 aromatic heterocycles. The van der Waals surface area contributed by atoms with Crippen molar-refractivity contribution < 1.29 is 32.3 Å². The van der Waals surface area contributed by atoms with E-state index in [0.717, 1.165) is 44.7 Å². The van der Waals surface area contributed by atoms with E-state index in [2.05, 4.69) is 0 Å². The van der Waals surface area contributed by atoms with Crippen LogP contribution < -0.4 is 21.3 Å². The van der Waals surface area contributed by atoms with Gasteiger partial charge >= 0.3 is 0 Å². The first-order valence-electron chi connectivity index (χ1n) is 17.6. The molecule has 8 nitrogen and oxygen atoms in total. The summed E-state index contributed by atoms with van der Waals surface area (Å²) < 4.78 is 47.0. The number of nitrogen functional groups attached to an aromatic ring is 2. The monoisotopic (exact) mass is 756 g/mol. The largest absolute Gasteiger partial charge is 0.399 e. The Morgan fingerprint density at radius 3 is 1.19 bits per heavy atom. The summed E-state index contributed by atoms with van der Waals surface area (Å²) in [7, 11) is 0. The van der Waals surface area contributed by atoms with Crippen LogP contribution in [0.25, 0.3) is 44.5 Å². The van der Waals surface area contributed by atoms with Gasteiger partial charge in [-0.05, 0) is 119 Å². The van der Waals surface area contributed by atoms with Gasteiger partial charge in [-0.25, -0.2) is 23.0 Å². The molecule has 0 saturated carbocycles. The summed E-state index contributed by atoms with van der Waals surface area (Å²) in [6.07, 6.45) is 0. The topological polar surface area (TPSA) is 127 Å². The lowest BCUT2D eigenvalue weighted by Gasteiger charge is -2.16. The molecule has 276 valence electrons. The molecule has 0 unspecified atom stereocenters. The molecule has 4 amide bonds. The summed E-state index contributed by atoms with van der Waals surface area (Å²) in [6.45, 7) is 0. The quantitative estimate of drug-likeness (QED) is 0.129. The first kappa shape index (κ1) is 34.9. The molecular weight excluding hydrogens is 730 g/mol. The molecule has 2 heterocycles. The number of rotatable bonds is 6. The van der Waals surface area contributed by atoms with Crippen LogP contribution in [0.2, 0.25) is 0 Å². The van der Waals surface area contributed by atoms with Crippen molar-refractivity contribution in [1.29, 1.82) is 0 Å². The average molecular weight is 757 g/mol. The number of carbonyl (C=O) groups excluding carboxylic acids is 4. The van der Waals surface area contributed by atoms with E-state index in [1.807, 2.05) is 12.1 Å². The summed E-state index contributed by atoms with van der Waals surface area (Å²) in [6, 6.07) is 34.9. The molecule has 0 bridgehead atoms. The van der Waals surface area contributed by atoms with Crippen LogP contribution in [0, 0.1) is 17.5 Å². The molecule has 9 rings (SSSR count). The number of fused-ring (bicyclic) bond motifs is 2. The maximum absolute atomic E-state index is 15.7. The zero-order chi connectivity index (χ0) is 39.7. The van der Waals surface area contributed by atoms with Gasteiger partial charge in [0.15, 0.2) is 0 Å². The van der Waals surface area contributed by atoms with Gasteiger partial charge in [0.25, 0.3) is 23.6 Å². The number of nitrogens with two attached hydrogens (primary N) is 2.